The van der Waals surface area contributed by atoms with Gasteiger partial charge in [0, 0.05) is 0 Å². The third-order valence-electron chi connectivity index (χ3n) is 2.35. The summed E-state index contributed by atoms with van der Waals surface area (Å²) in [5.41, 5.74) is 0. The van der Waals surface area contributed by atoms with E-state index in [4.69, 9.17) is 4.74 Å². The Morgan fingerprint density at radius 3 is 2.17 bits per heavy atom. The predicted octanol–water partition coefficient (Wildman–Crippen LogP) is -0.734. The first-order valence-electron chi connectivity index (χ1n) is 4.27. The van der Waals surface area contributed by atoms with Crippen LogP contribution in [0.3, 0.4) is 0 Å². The molecule has 72 valence electrons. The first kappa shape index (κ1) is 9.92. The molecular formula is C8H16O4. The molecule has 0 saturated carbocycles. The minimum atomic E-state index is -1.08. The summed E-state index contributed by atoms with van der Waals surface area (Å²) in [5, 5.41) is 28.0. The maximum Gasteiger partial charge on any atom is 0.111 e. The van der Waals surface area contributed by atoms with Gasteiger partial charge >= 0.3 is 0 Å². The minimum Gasteiger partial charge on any atom is -0.388 e. The fourth-order valence-electron chi connectivity index (χ4n) is 1.47. The number of aliphatic hydroxyl groups excluding tert-OH is 3. The molecule has 0 bridgehead atoms. The molecule has 1 aliphatic heterocycles. The maximum atomic E-state index is 9.39. The topological polar surface area (TPSA) is 69.9 Å². The molecule has 0 aliphatic carbocycles. The van der Waals surface area contributed by atoms with E-state index in [1.807, 2.05) is 6.92 Å². The summed E-state index contributed by atoms with van der Waals surface area (Å²) in [6.45, 7) is 3.55. The quantitative estimate of drug-likeness (QED) is 0.492. The van der Waals surface area contributed by atoms with Crippen molar-refractivity contribution < 1.29 is 20.1 Å². The Morgan fingerprint density at radius 2 is 1.67 bits per heavy atom. The van der Waals surface area contributed by atoms with Crippen molar-refractivity contribution in [3.63, 3.8) is 0 Å². The van der Waals surface area contributed by atoms with E-state index in [1.54, 1.807) is 6.92 Å². The Hall–Kier alpha value is -0.160. The second-order valence-corrected chi connectivity index (χ2v) is 3.26. The van der Waals surface area contributed by atoms with Crippen molar-refractivity contribution in [3.8, 4) is 0 Å². The summed E-state index contributed by atoms with van der Waals surface area (Å²) in [6, 6.07) is 0. The lowest BCUT2D eigenvalue weighted by Gasteiger charge is -2.39. The lowest BCUT2D eigenvalue weighted by molar-refractivity contribution is -0.217. The fourth-order valence-corrected chi connectivity index (χ4v) is 1.47. The highest BCUT2D eigenvalue weighted by Crippen LogP contribution is 2.22. The SMILES string of the molecule is CCC1O[C@H](C)C(O)[C@@H](O)[C@@H]1O. The van der Waals surface area contributed by atoms with Gasteiger partial charge in [0.15, 0.2) is 0 Å². The first-order chi connectivity index (χ1) is 5.57. The van der Waals surface area contributed by atoms with E-state index in [1.165, 1.54) is 0 Å². The van der Waals surface area contributed by atoms with E-state index in [9.17, 15) is 15.3 Å². The van der Waals surface area contributed by atoms with Gasteiger partial charge in [-0.3, -0.25) is 0 Å². The summed E-state index contributed by atoms with van der Waals surface area (Å²) < 4.78 is 5.27. The highest BCUT2D eigenvalue weighted by Gasteiger charge is 2.40. The molecule has 0 radical (unpaired) electrons. The van der Waals surface area contributed by atoms with Crippen molar-refractivity contribution in [2.24, 2.45) is 0 Å². The van der Waals surface area contributed by atoms with E-state index in [-0.39, 0.29) is 6.10 Å². The third-order valence-corrected chi connectivity index (χ3v) is 2.35. The van der Waals surface area contributed by atoms with Crippen LogP contribution in [0.4, 0.5) is 0 Å². The molecule has 0 amide bonds. The van der Waals surface area contributed by atoms with E-state index in [2.05, 4.69) is 0 Å². The normalized spacial score (nSPS) is 49.2. The van der Waals surface area contributed by atoms with Crippen molar-refractivity contribution in [2.45, 2.75) is 50.8 Å². The van der Waals surface area contributed by atoms with Crippen molar-refractivity contribution in [3.05, 3.63) is 0 Å². The fraction of sp³-hybridized carbons (Fsp3) is 1.00. The third kappa shape index (κ3) is 1.61. The molecule has 1 aliphatic rings. The summed E-state index contributed by atoms with van der Waals surface area (Å²) >= 11 is 0. The van der Waals surface area contributed by atoms with E-state index in [0.29, 0.717) is 6.42 Å². The van der Waals surface area contributed by atoms with Crippen LogP contribution >= 0.6 is 0 Å². The molecule has 0 aromatic heterocycles. The molecule has 1 fully saturated rings. The van der Waals surface area contributed by atoms with Crippen LogP contribution in [0, 0.1) is 0 Å². The maximum absolute atomic E-state index is 9.39. The lowest BCUT2D eigenvalue weighted by Crippen LogP contribution is -2.56. The average molecular weight is 176 g/mol. The van der Waals surface area contributed by atoms with Gasteiger partial charge in [0.05, 0.1) is 12.2 Å². The Labute approximate surface area is 71.8 Å². The molecule has 4 nitrogen and oxygen atoms in total. The average Bonchev–Trinajstić information content (AvgIpc) is 2.08. The van der Waals surface area contributed by atoms with Gasteiger partial charge in [0.1, 0.15) is 18.3 Å². The largest absolute Gasteiger partial charge is 0.388 e. The molecule has 12 heavy (non-hydrogen) atoms. The molecule has 2 unspecified atom stereocenters. The first-order valence-corrected chi connectivity index (χ1v) is 4.27. The van der Waals surface area contributed by atoms with Crippen LogP contribution in [-0.4, -0.2) is 45.8 Å². The Morgan fingerprint density at radius 1 is 1.08 bits per heavy atom. The van der Waals surface area contributed by atoms with E-state index in [0.717, 1.165) is 0 Å². The Balaban J connectivity index is 2.63. The van der Waals surface area contributed by atoms with Crippen LogP contribution in [-0.2, 0) is 4.74 Å². The molecule has 0 aromatic carbocycles. The Kier molecular flexibility index (Phi) is 3.06. The molecule has 1 rings (SSSR count). The minimum absolute atomic E-state index is 0.363. The molecule has 1 saturated heterocycles. The zero-order valence-electron chi connectivity index (χ0n) is 7.34. The van der Waals surface area contributed by atoms with Gasteiger partial charge in [-0.25, -0.2) is 0 Å². The molecule has 3 N–H and O–H groups in total. The number of rotatable bonds is 1. The smallest absolute Gasteiger partial charge is 0.111 e. The number of aliphatic hydroxyl groups is 3. The molecule has 0 aromatic rings. The van der Waals surface area contributed by atoms with Gasteiger partial charge < -0.3 is 20.1 Å². The van der Waals surface area contributed by atoms with Crippen LogP contribution < -0.4 is 0 Å². The van der Waals surface area contributed by atoms with Gasteiger partial charge in [0.2, 0.25) is 0 Å². The molecule has 1 heterocycles. The van der Waals surface area contributed by atoms with Crippen LogP contribution in [0.2, 0.25) is 0 Å². The van der Waals surface area contributed by atoms with Gasteiger partial charge in [-0.2, -0.15) is 0 Å². The lowest BCUT2D eigenvalue weighted by atomic mass is 9.94. The van der Waals surface area contributed by atoms with Gasteiger partial charge in [0.25, 0.3) is 0 Å². The summed E-state index contributed by atoms with van der Waals surface area (Å²) in [5.74, 6) is 0. The molecule has 5 atom stereocenters. The number of hydrogen-bond acceptors (Lipinski definition) is 4. The number of ether oxygens (including phenoxy) is 1. The Bertz CT molecular complexity index is 145. The highest BCUT2D eigenvalue weighted by molar-refractivity contribution is 4.89. The van der Waals surface area contributed by atoms with Crippen molar-refractivity contribution in [1.82, 2.24) is 0 Å². The zero-order valence-corrected chi connectivity index (χ0v) is 7.34. The van der Waals surface area contributed by atoms with E-state index >= 15 is 0 Å². The predicted molar refractivity (Wildman–Crippen MR) is 42.6 cm³/mol. The van der Waals surface area contributed by atoms with Crippen LogP contribution in [0.5, 0.6) is 0 Å². The zero-order chi connectivity index (χ0) is 9.30. The van der Waals surface area contributed by atoms with Gasteiger partial charge in [-0.15, -0.1) is 0 Å². The summed E-state index contributed by atoms with van der Waals surface area (Å²) in [4.78, 5) is 0. The van der Waals surface area contributed by atoms with E-state index < -0.39 is 24.4 Å². The second kappa shape index (κ2) is 3.70. The summed E-state index contributed by atoms with van der Waals surface area (Å²) in [7, 11) is 0. The van der Waals surface area contributed by atoms with Crippen molar-refractivity contribution in [2.75, 3.05) is 0 Å². The monoisotopic (exact) mass is 176 g/mol. The van der Waals surface area contributed by atoms with Gasteiger partial charge in [-0.1, -0.05) is 6.92 Å². The van der Waals surface area contributed by atoms with Crippen LogP contribution in [0.15, 0.2) is 0 Å². The molecular weight excluding hydrogens is 160 g/mol. The van der Waals surface area contributed by atoms with Crippen LogP contribution in [0.25, 0.3) is 0 Å². The van der Waals surface area contributed by atoms with Crippen LogP contribution in [0.1, 0.15) is 20.3 Å². The van der Waals surface area contributed by atoms with Crippen molar-refractivity contribution >= 4 is 0 Å². The molecule has 0 spiro atoms. The summed E-state index contributed by atoms with van der Waals surface area (Å²) in [6.07, 6.45) is -3.18. The van der Waals surface area contributed by atoms with Gasteiger partial charge in [-0.05, 0) is 13.3 Å². The second-order valence-electron chi connectivity index (χ2n) is 3.26. The molecule has 4 heteroatoms. The highest BCUT2D eigenvalue weighted by atomic mass is 16.5. The standard InChI is InChI=1S/C8H16O4/c1-3-5-7(10)8(11)6(9)4(2)12-5/h4-11H,3H2,1-2H3/t4-,5?,6?,7-,8-/m1/s1. The number of hydrogen-bond donors (Lipinski definition) is 3. The van der Waals surface area contributed by atoms with Crippen molar-refractivity contribution in [1.29, 1.82) is 0 Å².